The third-order valence-electron chi connectivity index (χ3n) is 3.97. The zero-order chi connectivity index (χ0) is 15.5. The zero-order valence-electron chi connectivity index (χ0n) is 13.7. The molecule has 1 unspecified atom stereocenters. The first-order valence-corrected chi connectivity index (χ1v) is 8.30. The van der Waals surface area contributed by atoms with Gasteiger partial charge in [0.2, 0.25) is 0 Å². The summed E-state index contributed by atoms with van der Waals surface area (Å²) >= 11 is 6.05. The van der Waals surface area contributed by atoms with Gasteiger partial charge in [-0.05, 0) is 36.5 Å². The maximum atomic E-state index is 6.05. The maximum absolute atomic E-state index is 6.05. The molecule has 3 nitrogen and oxygen atoms in total. The third kappa shape index (κ3) is 4.58. The van der Waals surface area contributed by atoms with E-state index in [2.05, 4.69) is 44.9 Å². The molecule has 1 saturated heterocycles. The molecule has 118 valence electrons. The Bertz CT molecular complexity index is 464. The van der Waals surface area contributed by atoms with Crippen molar-refractivity contribution in [3.05, 3.63) is 23.4 Å². The van der Waals surface area contributed by atoms with Crippen molar-refractivity contribution >= 4 is 17.4 Å². The number of pyridine rings is 1. The van der Waals surface area contributed by atoms with Gasteiger partial charge < -0.3 is 9.64 Å². The first-order chi connectivity index (χ1) is 9.90. The van der Waals surface area contributed by atoms with E-state index in [0.717, 1.165) is 36.8 Å². The Hall–Kier alpha value is -0.800. The summed E-state index contributed by atoms with van der Waals surface area (Å²) in [7, 11) is 2.11. The second kappa shape index (κ2) is 6.97. The molecule has 0 bridgehead atoms. The largest absolute Gasteiger partial charge is 0.381 e. The topological polar surface area (TPSA) is 25.4 Å². The van der Waals surface area contributed by atoms with E-state index in [1.54, 1.807) is 0 Å². The molecule has 0 N–H and O–H groups in total. The first-order valence-electron chi connectivity index (χ1n) is 7.76. The summed E-state index contributed by atoms with van der Waals surface area (Å²) in [5, 5.41) is 0. The summed E-state index contributed by atoms with van der Waals surface area (Å²) in [5.74, 6) is 2.14. The Balaban J connectivity index is 2.17. The van der Waals surface area contributed by atoms with Crippen LogP contribution in [0.15, 0.2) is 12.1 Å². The minimum Gasteiger partial charge on any atom is -0.381 e. The summed E-state index contributed by atoms with van der Waals surface area (Å²) in [6, 6.07) is 4.22. The van der Waals surface area contributed by atoms with Crippen LogP contribution < -0.4 is 4.90 Å². The summed E-state index contributed by atoms with van der Waals surface area (Å²) < 4.78 is 5.57. The molecule has 2 heterocycles. The predicted molar refractivity (Wildman–Crippen MR) is 89.3 cm³/mol. The third-order valence-corrected chi connectivity index (χ3v) is 4.28. The molecule has 21 heavy (non-hydrogen) atoms. The number of ether oxygens (including phenoxy) is 1. The van der Waals surface area contributed by atoms with Gasteiger partial charge in [0.05, 0.1) is 6.61 Å². The molecule has 1 atom stereocenters. The lowest BCUT2D eigenvalue weighted by Gasteiger charge is -2.29. The molecule has 1 aromatic rings. The Morgan fingerprint density at radius 3 is 2.71 bits per heavy atom. The smallest absolute Gasteiger partial charge is 0.128 e. The van der Waals surface area contributed by atoms with Crippen LogP contribution in [0.25, 0.3) is 0 Å². The van der Waals surface area contributed by atoms with E-state index in [4.69, 9.17) is 21.3 Å². The molecule has 0 spiro atoms. The van der Waals surface area contributed by atoms with Crippen LogP contribution in [0, 0.1) is 5.92 Å². The summed E-state index contributed by atoms with van der Waals surface area (Å²) in [5.41, 5.74) is 2.27. The Labute approximate surface area is 133 Å². The van der Waals surface area contributed by atoms with Gasteiger partial charge in [0.25, 0.3) is 0 Å². The minimum absolute atomic E-state index is 0.0333. The second-order valence-electron chi connectivity index (χ2n) is 7.07. The standard InChI is InChI=1S/C17H27ClN2O/c1-17(2,3)15-8-14(10-18)9-16(19-15)20(4)11-13-6-5-7-21-12-13/h8-9,13H,5-7,10-12H2,1-4H3. The number of halogens is 1. The average molecular weight is 311 g/mol. The Morgan fingerprint density at radius 2 is 2.14 bits per heavy atom. The molecular weight excluding hydrogens is 284 g/mol. The second-order valence-corrected chi connectivity index (χ2v) is 7.33. The van der Waals surface area contributed by atoms with Gasteiger partial charge in [-0.1, -0.05) is 20.8 Å². The lowest BCUT2D eigenvalue weighted by atomic mass is 9.91. The lowest BCUT2D eigenvalue weighted by Crippen LogP contribution is -2.31. The van der Waals surface area contributed by atoms with Crippen molar-refractivity contribution in [1.82, 2.24) is 4.98 Å². The van der Waals surface area contributed by atoms with Gasteiger partial charge in [-0.15, -0.1) is 11.6 Å². The normalized spacial score (nSPS) is 19.6. The number of rotatable bonds is 4. The van der Waals surface area contributed by atoms with Crippen LogP contribution in [-0.2, 0) is 16.0 Å². The van der Waals surface area contributed by atoms with Crippen molar-refractivity contribution in [2.24, 2.45) is 5.92 Å². The van der Waals surface area contributed by atoms with E-state index in [1.165, 1.54) is 12.8 Å². The molecular formula is C17H27ClN2O. The molecule has 4 heteroatoms. The number of aromatic nitrogens is 1. The van der Waals surface area contributed by atoms with E-state index >= 15 is 0 Å². The van der Waals surface area contributed by atoms with Gasteiger partial charge in [0.1, 0.15) is 5.82 Å². The zero-order valence-corrected chi connectivity index (χ0v) is 14.4. The van der Waals surface area contributed by atoms with Crippen LogP contribution >= 0.6 is 11.6 Å². The highest BCUT2D eigenvalue weighted by atomic mass is 35.5. The quantitative estimate of drug-likeness (QED) is 0.787. The molecule has 2 rings (SSSR count). The summed E-state index contributed by atoms with van der Waals surface area (Å²) in [6.45, 7) is 9.33. The van der Waals surface area contributed by atoms with Gasteiger partial charge >= 0.3 is 0 Å². The minimum atomic E-state index is 0.0333. The number of hydrogen-bond acceptors (Lipinski definition) is 3. The van der Waals surface area contributed by atoms with E-state index in [0.29, 0.717) is 11.8 Å². The van der Waals surface area contributed by atoms with E-state index in [1.807, 2.05) is 0 Å². The van der Waals surface area contributed by atoms with Crippen molar-refractivity contribution in [3.8, 4) is 0 Å². The van der Waals surface area contributed by atoms with Crippen molar-refractivity contribution in [2.75, 3.05) is 31.7 Å². The first kappa shape index (κ1) is 16.6. The molecule has 1 aliphatic rings. The predicted octanol–water partition coefficient (Wildman–Crippen LogP) is 3.98. The average Bonchev–Trinajstić information content (AvgIpc) is 2.46. The fraction of sp³-hybridized carbons (Fsp3) is 0.706. The summed E-state index contributed by atoms with van der Waals surface area (Å²) in [4.78, 5) is 7.09. The van der Waals surface area contributed by atoms with E-state index < -0.39 is 0 Å². The van der Waals surface area contributed by atoms with Crippen molar-refractivity contribution in [3.63, 3.8) is 0 Å². The Kier molecular flexibility index (Phi) is 5.50. The molecule has 1 aromatic heterocycles. The van der Waals surface area contributed by atoms with Crippen molar-refractivity contribution in [1.29, 1.82) is 0 Å². The monoisotopic (exact) mass is 310 g/mol. The van der Waals surface area contributed by atoms with Gasteiger partial charge in [-0.3, -0.25) is 0 Å². The molecule has 0 saturated carbocycles. The maximum Gasteiger partial charge on any atom is 0.128 e. The van der Waals surface area contributed by atoms with E-state index in [-0.39, 0.29) is 5.41 Å². The van der Waals surface area contributed by atoms with Crippen LogP contribution in [0.2, 0.25) is 0 Å². The van der Waals surface area contributed by atoms with Crippen LogP contribution in [0.3, 0.4) is 0 Å². The van der Waals surface area contributed by atoms with E-state index in [9.17, 15) is 0 Å². The number of alkyl halides is 1. The highest BCUT2D eigenvalue weighted by Gasteiger charge is 2.20. The number of anilines is 1. The van der Waals surface area contributed by atoms with Crippen LogP contribution in [0.4, 0.5) is 5.82 Å². The van der Waals surface area contributed by atoms with Crippen LogP contribution in [-0.4, -0.2) is 31.8 Å². The van der Waals surface area contributed by atoms with Gasteiger partial charge in [0, 0.05) is 37.2 Å². The Morgan fingerprint density at radius 1 is 1.38 bits per heavy atom. The number of nitrogens with zero attached hydrogens (tertiary/aromatic N) is 2. The van der Waals surface area contributed by atoms with Crippen LogP contribution in [0.1, 0.15) is 44.9 Å². The summed E-state index contributed by atoms with van der Waals surface area (Å²) in [6.07, 6.45) is 2.41. The fourth-order valence-electron chi connectivity index (χ4n) is 2.66. The van der Waals surface area contributed by atoms with Gasteiger partial charge in [-0.25, -0.2) is 4.98 Å². The molecule has 1 aliphatic heterocycles. The van der Waals surface area contributed by atoms with Gasteiger partial charge in [-0.2, -0.15) is 0 Å². The fourth-order valence-corrected chi connectivity index (χ4v) is 2.81. The molecule has 0 amide bonds. The highest BCUT2D eigenvalue weighted by molar-refractivity contribution is 6.17. The van der Waals surface area contributed by atoms with Crippen LogP contribution in [0.5, 0.6) is 0 Å². The molecule has 0 aliphatic carbocycles. The lowest BCUT2D eigenvalue weighted by molar-refractivity contribution is 0.0576. The molecule has 1 fully saturated rings. The number of hydrogen-bond donors (Lipinski definition) is 0. The molecule has 0 radical (unpaired) electrons. The van der Waals surface area contributed by atoms with Crippen molar-refractivity contribution < 1.29 is 4.74 Å². The SMILES string of the molecule is CN(CC1CCCOC1)c1cc(CCl)cc(C(C)(C)C)n1. The molecule has 0 aromatic carbocycles. The highest BCUT2D eigenvalue weighted by Crippen LogP contribution is 2.26. The van der Waals surface area contributed by atoms with Crippen molar-refractivity contribution in [2.45, 2.75) is 44.9 Å². The van der Waals surface area contributed by atoms with Gasteiger partial charge in [0.15, 0.2) is 0 Å².